The van der Waals surface area contributed by atoms with Gasteiger partial charge in [0.05, 0.1) is 0 Å². The largest absolute Gasteiger partial charge is 0.311 e. The first-order valence-corrected chi connectivity index (χ1v) is 7.63. The van der Waals surface area contributed by atoms with Gasteiger partial charge >= 0.3 is 0 Å². The maximum absolute atomic E-state index is 3.90. The summed E-state index contributed by atoms with van der Waals surface area (Å²) in [4.78, 5) is 0. The molecular formula is C16H31N. The molecule has 0 aliphatic carbocycles. The molecular weight excluding hydrogens is 206 g/mol. The molecule has 0 spiro atoms. The minimum Gasteiger partial charge on any atom is -0.311 e. The van der Waals surface area contributed by atoms with Gasteiger partial charge in [-0.15, -0.1) is 6.58 Å². The van der Waals surface area contributed by atoms with Gasteiger partial charge in [-0.05, 0) is 32.7 Å². The maximum Gasteiger partial charge on any atom is 0.0187 e. The number of hydrogen-bond donors (Lipinski definition) is 1. The summed E-state index contributed by atoms with van der Waals surface area (Å²) in [5, 5.41) is 3.76. The molecule has 1 fully saturated rings. The molecule has 0 aromatic rings. The summed E-state index contributed by atoms with van der Waals surface area (Å²) in [5.41, 5.74) is 0.301. The molecule has 0 saturated carbocycles. The lowest BCUT2D eigenvalue weighted by atomic mass is 9.90. The number of nitrogens with one attached hydrogen (secondary N) is 1. The molecule has 17 heavy (non-hydrogen) atoms. The Balaban J connectivity index is 2.38. The van der Waals surface area contributed by atoms with Gasteiger partial charge in [-0.1, -0.05) is 57.4 Å². The van der Waals surface area contributed by atoms with E-state index in [2.05, 4.69) is 24.9 Å². The van der Waals surface area contributed by atoms with Gasteiger partial charge < -0.3 is 5.32 Å². The summed E-state index contributed by atoms with van der Waals surface area (Å²) in [6.45, 7) is 7.46. The minimum absolute atomic E-state index is 0.301. The van der Waals surface area contributed by atoms with Crippen LogP contribution in [-0.2, 0) is 0 Å². The molecule has 1 unspecified atom stereocenters. The van der Waals surface area contributed by atoms with Gasteiger partial charge in [0.1, 0.15) is 0 Å². The van der Waals surface area contributed by atoms with Gasteiger partial charge in [0.2, 0.25) is 0 Å². The lowest BCUT2D eigenvalue weighted by Gasteiger charge is -2.30. The molecule has 1 N–H and O–H groups in total. The second-order valence-corrected chi connectivity index (χ2v) is 5.91. The molecule has 1 saturated heterocycles. The summed E-state index contributed by atoms with van der Waals surface area (Å²) in [7, 11) is 0. The Bertz CT molecular complexity index is 184. The summed E-state index contributed by atoms with van der Waals surface area (Å²) < 4.78 is 0. The van der Waals surface area contributed by atoms with Gasteiger partial charge in [-0.3, -0.25) is 0 Å². The van der Waals surface area contributed by atoms with E-state index in [1.807, 2.05) is 0 Å². The molecule has 0 aromatic heterocycles. The van der Waals surface area contributed by atoms with Gasteiger partial charge in [0, 0.05) is 5.54 Å². The Morgan fingerprint density at radius 1 is 0.941 bits per heavy atom. The van der Waals surface area contributed by atoms with Crippen LogP contribution in [0.4, 0.5) is 0 Å². The highest BCUT2D eigenvalue weighted by molar-refractivity contribution is 4.90. The molecule has 0 amide bonds. The molecule has 1 atom stereocenters. The topological polar surface area (TPSA) is 12.0 Å². The number of rotatable bonds is 2. The van der Waals surface area contributed by atoms with Crippen LogP contribution in [-0.4, -0.2) is 12.1 Å². The third kappa shape index (κ3) is 6.88. The quantitative estimate of drug-likeness (QED) is 0.679. The van der Waals surface area contributed by atoms with E-state index in [0.29, 0.717) is 5.54 Å². The zero-order chi connectivity index (χ0) is 12.4. The fraction of sp³-hybridized carbons (Fsp3) is 0.875. The van der Waals surface area contributed by atoms with Crippen LogP contribution in [0.5, 0.6) is 0 Å². The summed E-state index contributed by atoms with van der Waals surface area (Å²) in [6, 6.07) is 0. The van der Waals surface area contributed by atoms with E-state index < -0.39 is 0 Å². The second-order valence-electron chi connectivity index (χ2n) is 5.91. The normalized spacial score (nSPS) is 29.7. The van der Waals surface area contributed by atoms with Crippen molar-refractivity contribution in [2.24, 2.45) is 0 Å². The molecule has 0 radical (unpaired) electrons. The van der Waals surface area contributed by atoms with Crippen molar-refractivity contribution >= 4 is 0 Å². The van der Waals surface area contributed by atoms with Crippen molar-refractivity contribution in [2.75, 3.05) is 6.54 Å². The van der Waals surface area contributed by atoms with E-state index >= 15 is 0 Å². The Kier molecular flexibility index (Phi) is 7.59. The second kappa shape index (κ2) is 8.74. The van der Waals surface area contributed by atoms with E-state index in [-0.39, 0.29) is 0 Å². The molecule has 1 nitrogen and oxygen atoms in total. The van der Waals surface area contributed by atoms with Crippen LogP contribution < -0.4 is 5.32 Å². The average Bonchev–Trinajstić information content (AvgIpc) is 2.32. The van der Waals surface area contributed by atoms with Crippen LogP contribution in [0.3, 0.4) is 0 Å². The highest BCUT2D eigenvalue weighted by Gasteiger charge is 2.20. The van der Waals surface area contributed by atoms with Crippen LogP contribution in [0.15, 0.2) is 12.7 Å². The van der Waals surface area contributed by atoms with E-state index in [1.165, 1.54) is 70.8 Å². The molecule has 100 valence electrons. The molecule has 1 rings (SSSR count). The first-order valence-electron chi connectivity index (χ1n) is 7.63. The third-order valence-corrected chi connectivity index (χ3v) is 4.05. The molecule has 0 bridgehead atoms. The summed E-state index contributed by atoms with van der Waals surface area (Å²) in [6.07, 6.45) is 17.2. The Morgan fingerprint density at radius 3 is 2.06 bits per heavy atom. The fourth-order valence-corrected chi connectivity index (χ4v) is 2.85. The smallest absolute Gasteiger partial charge is 0.0187 e. The van der Waals surface area contributed by atoms with Crippen LogP contribution in [0.25, 0.3) is 0 Å². The molecule has 1 aliphatic rings. The highest BCUT2D eigenvalue weighted by Crippen LogP contribution is 2.21. The van der Waals surface area contributed by atoms with E-state index in [9.17, 15) is 0 Å². The first kappa shape index (κ1) is 14.8. The molecule has 1 heteroatoms. The monoisotopic (exact) mass is 237 g/mol. The van der Waals surface area contributed by atoms with Crippen LogP contribution in [0, 0.1) is 0 Å². The summed E-state index contributed by atoms with van der Waals surface area (Å²) in [5.74, 6) is 0. The van der Waals surface area contributed by atoms with Gasteiger partial charge in [0.15, 0.2) is 0 Å². The van der Waals surface area contributed by atoms with Crippen molar-refractivity contribution in [3.8, 4) is 0 Å². The zero-order valence-corrected chi connectivity index (χ0v) is 11.8. The van der Waals surface area contributed by atoms with E-state index in [4.69, 9.17) is 0 Å². The Labute approximate surface area is 108 Å². The number of hydrogen-bond acceptors (Lipinski definition) is 1. The van der Waals surface area contributed by atoms with Gasteiger partial charge in [0.25, 0.3) is 0 Å². The highest BCUT2D eigenvalue weighted by atomic mass is 15.0. The van der Waals surface area contributed by atoms with Crippen molar-refractivity contribution in [3.63, 3.8) is 0 Å². The lowest BCUT2D eigenvalue weighted by Crippen LogP contribution is -2.42. The van der Waals surface area contributed by atoms with Crippen molar-refractivity contribution < 1.29 is 0 Å². The SMILES string of the molecule is C=CCC1(C)CCCCCCCCCCCN1. The average molecular weight is 237 g/mol. The van der Waals surface area contributed by atoms with Crippen molar-refractivity contribution in [1.29, 1.82) is 0 Å². The maximum atomic E-state index is 3.90. The van der Waals surface area contributed by atoms with Gasteiger partial charge in [-0.2, -0.15) is 0 Å². The van der Waals surface area contributed by atoms with Crippen molar-refractivity contribution in [2.45, 2.75) is 83.1 Å². The van der Waals surface area contributed by atoms with Crippen LogP contribution >= 0.6 is 0 Å². The molecule has 0 aromatic carbocycles. The van der Waals surface area contributed by atoms with Crippen LogP contribution in [0.2, 0.25) is 0 Å². The molecule has 1 aliphatic heterocycles. The zero-order valence-electron chi connectivity index (χ0n) is 11.8. The summed E-state index contributed by atoms with van der Waals surface area (Å²) >= 11 is 0. The van der Waals surface area contributed by atoms with Crippen LogP contribution in [0.1, 0.15) is 77.6 Å². The van der Waals surface area contributed by atoms with Crippen molar-refractivity contribution in [3.05, 3.63) is 12.7 Å². The minimum atomic E-state index is 0.301. The third-order valence-electron chi connectivity index (χ3n) is 4.05. The Hall–Kier alpha value is -0.300. The first-order chi connectivity index (χ1) is 8.27. The predicted molar refractivity (Wildman–Crippen MR) is 77.4 cm³/mol. The predicted octanol–water partition coefficient (Wildman–Crippen LogP) is 4.83. The van der Waals surface area contributed by atoms with Gasteiger partial charge in [-0.25, -0.2) is 0 Å². The fourth-order valence-electron chi connectivity index (χ4n) is 2.85. The van der Waals surface area contributed by atoms with E-state index in [0.717, 1.165) is 6.42 Å². The lowest BCUT2D eigenvalue weighted by molar-refractivity contribution is 0.319. The standard InChI is InChI=1S/C16H31N/c1-3-13-16(2)14-11-9-7-5-4-6-8-10-12-15-17-16/h3,17H,1,4-15H2,2H3. The van der Waals surface area contributed by atoms with Crippen molar-refractivity contribution in [1.82, 2.24) is 5.32 Å². The molecule has 1 heterocycles. The van der Waals surface area contributed by atoms with E-state index in [1.54, 1.807) is 0 Å². The Morgan fingerprint density at radius 2 is 1.47 bits per heavy atom.